The van der Waals surface area contributed by atoms with Gasteiger partial charge >= 0.3 is 6.09 Å². The van der Waals surface area contributed by atoms with E-state index in [1.807, 2.05) is 36.4 Å². The molecule has 0 unspecified atom stereocenters. The third-order valence-corrected chi connectivity index (χ3v) is 4.37. The van der Waals surface area contributed by atoms with Crippen LogP contribution in [-0.2, 0) is 4.74 Å². The second-order valence-corrected chi connectivity index (χ2v) is 5.78. The molecular formula is C21H17NO2. The lowest BCUT2D eigenvalue weighted by Gasteiger charge is -2.17. The van der Waals surface area contributed by atoms with Crippen LogP contribution in [0.1, 0.15) is 17.0 Å². The molecule has 0 aromatic heterocycles. The summed E-state index contributed by atoms with van der Waals surface area (Å²) in [5.41, 5.74) is 4.89. The maximum Gasteiger partial charge on any atom is 0.417 e. The van der Waals surface area contributed by atoms with Crippen LogP contribution in [0.5, 0.6) is 0 Å². The Hall–Kier alpha value is -3.07. The number of carbonyl (C=O) groups is 1. The molecule has 4 rings (SSSR count). The summed E-state index contributed by atoms with van der Waals surface area (Å²) >= 11 is 0. The smallest absolute Gasteiger partial charge is 0.417 e. The summed E-state index contributed by atoms with van der Waals surface area (Å²) < 4.78 is 5.59. The minimum atomic E-state index is -0.368. The van der Waals surface area contributed by atoms with Crippen molar-refractivity contribution in [1.29, 1.82) is 0 Å². The van der Waals surface area contributed by atoms with Crippen molar-refractivity contribution in [3.8, 4) is 11.1 Å². The molecule has 24 heavy (non-hydrogen) atoms. The van der Waals surface area contributed by atoms with Crippen LogP contribution in [0.15, 0.2) is 85.2 Å². The molecule has 0 saturated heterocycles. The monoisotopic (exact) mass is 315 g/mol. The minimum absolute atomic E-state index is 0.0828. The summed E-state index contributed by atoms with van der Waals surface area (Å²) in [5.74, 6) is 0.0828. The molecular weight excluding hydrogens is 298 g/mol. The predicted molar refractivity (Wildman–Crippen MR) is 94.3 cm³/mol. The number of ether oxygens (including phenoxy) is 1. The van der Waals surface area contributed by atoms with Crippen LogP contribution in [0, 0.1) is 0 Å². The van der Waals surface area contributed by atoms with Crippen LogP contribution in [-0.4, -0.2) is 17.6 Å². The van der Waals surface area contributed by atoms with E-state index in [1.54, 1.807) is 24.6 Å². The Labute approximate surface area is 141 Å². The third kappa shape index (κ3) is 2.54. The van der Waals surface area contributed by atoms with E-state index in [-0.39, 0.29) is 12.0 Å². The second kappa shape index (κ2) is 6.20. The van der Waals surface area contributed by atoms with Crippen molar-refractivity contribution >= 4 is 6.09 Å². The van der Waals surface area contributed by atoms with Gasteiger partial charge in [-0.3, -0.25) is 4.90 Å². The van der Waals surface area contributed by atoms with Crippen molar-refractivity contribution in [2.45, 2.75) is 5.92 Å². The van der Waals surface area contributed by atoms with Gasteiger partial charge in [0.1, 0.15) is 6.61 Å². The third-order valence-electron chi connectivity index (χ3n) is 4.37. The SMILES string of the molecule is O=C(OCC1c2ccccc2-c2ccccc21)N1C=CC=CC=C1. The molecule has 0 bridgehead atoms. The Morgan fingerprint density at radius 1 is 0.833 bits per heavy atom. The molecule has 0 N–H and O–H groups in total. The standard InChI is InChI=1S/C21H17NO2/c23-21(22-13-7-1-2-8-14-22)24-15-20-18-11-5-3-9-16(18)17-10-4-6-12-19(17)20/h1-14,20H,15H2. The molecule has 0 radical (unpaired) electrons. The highest BCUT2D eigenvalue weighted by Gasteiger charge is 2.29. The number of hydrogen-bond donors (Lipinski definition) is 0. The summed E-state index contributed by atoms with van der Waals surface area (Å²) in [4.78, 5) is 13.8. The minimum Gasteiger partial charge on any atom is -0.448 e. The van der Waals surface area contributed by atoms with E-state index in [2.05, 4.69) is 24.3 Å². The topological polar surface area (TPSA) is 29.5 Å². The average molecular weight is 315 g/mol. The summed E-state index contributed by atoms with van der Waals surface area (Å²) in [6.45, 7) is 0.332. The van der Waals surface area contributed by atoms with Gasteiger partial charge in [0.15, 0.2) is 0 Å². The molecule has 1 heterocycles. The Morgan fingerprint density at radius 3 is 1.96 bits per heavy atom. The highest BCUT2D eigenvalue weighted by atomic mass is 16.6. The van der Waals surface area contributed by atoms with Crippen LogP contribution in [0.25, 0.3) is 11.1 Å². The molecule has 0 fully saturated rings. The average Bonchev–Trinajstić information content (AvgIpc) is 2.78. The first-order chi connectivity index (χ1) is 11.8. The highest BCUT2D eigenvalue weighted by molar-refractivity contribution is 5.79. The summed E-state index contributed by atoms with van der Waals surface area (Å²) in [5, 5.41) is 0. The molecule has 2 aromatic carbocycles. The van der Waals surface area contributed by atoms with Gasteiger partial charge in [-0.05, 0) is 34.4 Å². The van der Waals surface area contributed by atoms with Gasteiger partial charge in [0.25, 0.3) is 0 Å². The van der Waals surface area contributed by atoms with E-state index in [9.17, 15) is 4.79 Å². The van der Waals surface area contributed by atoms with E-state index in [0.717, 1.165) is 0 Å². The molecule has 3 nitrogen and oxygen atoms in total. The van der Waals surface area contributed by atoms with E-state index in [1.165, 1.54) is 27.2 Å². The number of amides is 1. The van der Waals surface area contributed by atoms with Gasteiger partial charge in [0.2, 0.25) is 0 Å². The second-order valence-electron chi connectivity index (χ2n) is 5.78. The van der Waals surface area contributed by atoms with Crippen LogP contribution >= 0.6 is 0 Å². The van der Waals surface area contributed by atoms with E-state index < -0.39 is 0 Å². The van der Waals surface area contributed by atoms with E-state index in [0.29, 0.717) is 6.61 Å². The number of allylic oxidation sites excluding steroid dienone is 4. The van der Waals surface area contributed by atoms with E-state index >= 15 is 0 Å². The fraction of sp³-hybridized carbons (Fsp3) is 0.0952. The van der Waals surface area contributed by atoms with Crippen LogP contribution < -0.4 is 0 Å². The molecule has 1 aliphatic carbocycles. The first kappa shape index (κ1) is 14.5. The molecule has 0 saturated carbocycles. The number of benzene rings is 2. The Balaban J connectivity index is 1.56. The maximum atomic E-state index is 12.3. The quantitative estimate of drug-likeness (QED) is 0.794. The molecule has 0 atom stereocenters. The lowest BCUT2D eigenvalue weighted by atomic mass is 9.98. The molecule has 2 aromatic rings. The number of carbonyl (C=O) groups excluding carboxylic acids is 1. The molecule has 0 spiro atoms. The molecule has 1 aliphatic heterocycles. The van der Waals surface area contributed by atoms with Crippen LogP contribution in [0.2, 0.25) is 0 Å². The fourth-order valence-corrected chi connectivity index (χ4v) is 3.25. The molecule has 118 valence electrons. The van der Waals surface area contributed by atoms with Gasteiger partial charge in [-0.2, -0.15) is 0 Å². The molecule has 3 heteroatoms. The van der Waals surface area contributed by atoms with Crippen molar-refractivity contribution in [3.63, 3.8) is 0 Å². The zero-order chi connectivity index (χ0) is 16.4. The zero-order valence-corrected chi connectivity index (χ0v) is 13.1. The van der Waals surface area contributed by atoms with Crippen molar-refractivity contribution < 1.29 is 9.53 Å². The highest BCUT2D eigenvalue weighted by Crippen LogP contribution is 2.44. The van der Waals surface area contributed by atoms with Gasteiger partial charge < -0.3 is 4.74 Å². The Morgan fingerprint density at radius 2 is 1.38 bits per heavy atom. The number of rotatable bonds is 2. The van der Waals surface area contributed by atoms with Crippen LogP contribution in [0.3, 0.4) is 0 Å². The summed E-state index contributed by atoms with van der Waals surface area (Å²) in [7, 11) is 0. The van der Waals surface area contributed by atoms with Crippen molar-refractivity contribution in [2.24, 2.45) is 0 Å². The number of fused-ring (bicyclic) bond motifs is 3. The fourth-order valence-electron chi connectivity index (χ4n) is 3.25. The van der Waals surface area contributed by atoms with Gasteiger partial charge in [-0.1, -0.05) is 60.7 Å². The first-order valence-electron chi connectivity index (χ1n) is 7.99. The lowest BCUT2D eigenvalue weighted by Crippen LogP contribution is -2.23. The van der Waals surface area contributed by atoms with Crippen LogP contribution in [0.4, 0.5) is 4.79 Å². The summed E-state index contributed by atoms with van der Waals surface area (Å²) in [6, 6.07) is 16.6. The van der Waals surface area contributed by atoms with Crippen molar-refractivity contribution in [3.05, 3.63) is 96.4 Å². The molecule has 2 aliphatic rings. The van der Waals surface area contributed by atoms with Gasteiger partial charge in [-0.25, -0.2) is 4.79 Å². The predicted octanol–water partition coefficient (Wildman–Crippen LogP) is 4.83. The summed E-state index contributed by atoms with van der Waals surface area (Å²) in [6.07, 6.45) is 10.4. The van der Waals surface area contributed by atoms with Gasteiger partial charge in [-0.15, -0.1) is 0 Å². The number of nitrogens with zero attached hydrogens (tertiary/aromatic N) is 1. The first-order valence-corrected chi connectivity index (χ1v) is 7.99. The maximum absolute atomic E-state index is 12.3. The lowest BCUT2D eigenvalue weighted by molar-refractivity contribution is 0.125. The van der Waals surface area contributed by atoms with Gasteiger partial charge in [0, 0.05) is 18.3 Å². The molecule has 1 amide bonds. The van der Waals surface area contributed by atoms with E-state index in [4.69, 9.17) is 4.74 Å². The number of hydrogen-bond acceptors (Lipinski definition) is 2. The van der Waals surface area contributed by atoms with Crippen molar-refractivity contribution in [1.82, 2.24) is 4.90 Å². The Kier molecular flexibility index (Phi) is 3.75. The Bertz CT molecular complexity index is 802. The van der Waals surface area contributed by atoms with Gasteiger partial charge in [0.05, 0.1) is 0 Å². The largest absolute Gasteiger partial charge is 0.448 e. The normalized spacial score (nSPS) is 15.1. The van der Waals surface area contributed by atoms with Crippen molar-refractivity contribution in [2.75, 3.05) is 6.61 Å². The zero-order valence-electron chi connectivity index (χ0n) is 13.1.